The van der Waals surface area contributed by atoms with E-state index in [0.29, 0.717) is 18.6 Å². The molecule has 0 spiro atoms. The zero-order valence-electron chi connectivity index (χ0n) is 15.1. The first-order valence-corrected chi connectivity index (χ1v) is 8.85. The molecule has 5 rings (SSSR count). The number of nitrogens with zero attached hydrogens (tertiary/aromatic N) is 4. The van der Waals surface area contributed by atoms with Crippen molar-refractivity contribution in [2.24, 2.45) is 0 Å². The number of rotatable bonds is 5. The van der Waals surface area contributed by atoms with E-state index < -0.39 is 0 Å². The second-order valence-electron chi connectivity index (χ2n) is 6.91. The lowest BCUT2D eigenvalue weighted by Crippen LogP contribution is -2.69. The number of amides is 1. The van der Waals surface area contributed by atoms with Crippen molar-refractivity contribution in [2.45, 2.75) is 25.4 Å². The first-order valence-electron chi connectivity index (χ1n) is 8.85. The fraction of sp³-hybridized carbons (Fsp3) is 0.421. The highest BCUT2D eigenvalue weighted by molar-refractivity contribution is 5.92. The van der Waals surface area contributed by atoms with Crippen LogP contribution in [-0.4, -0.2) is 59.6 Å². The van der Waals surface area contributed by atoms with Gasteiger partial charge >= 0.3 is 0 Å². The molecule has 4 heterocycles. The minimum Gasteiger partial charge on any atom is -0.497 e. The average Bonchev–Trinajstić information content (AvgIpc) is 2.67. The van der Waals surface area contributed by atoms with Crippen LogP contribution in [0.1, 0.15) is 12.1 Å². The van der Waals surface area contributed by atoms with Gasteiger partial charge in [0.05, 0.1) is 13.7 Å². The van der Waals surface area contributed by atoms with Crippen molar-refractivity contribution in [3.8, 4) is 5.75 Å². The maximum Gasteiger partial charge on any atom is 0.238 e. The largest absolute Gasteiger partial charge is 0.497 e. The number of aryl methyl sites for hydroxylation is 1. The summed E-state index contributed by atoms with van der Waals surface area (Å²) in [5.74, 6) is 1.78. The number of piperidine rings is 1. The molecule has 7 nitrogen and oxygen atoms in total. The number of methoxy groups -OCH3 is 1. The number of piperazine rings is 1. The van der Waals surface area contributed by atoms with Crippen LogP contribution in [-0.2, 0) is 4.79 Å². The Labute approximate surface area is 153 Å². The van der Waals surface area contributed by atoms with Crippen LogP contribution in [0, 0.1) is 6.92 Å². The summed E-state index contributed by atoms with van der Waals surface area (Å²) < 4.78 is 5.13. The maximum atomic E-state index is 12.4. The molecule has 3 aliphatic rings. The summed E-state index contributed by atoms with van der Waals surface area (Å²) in [6.45, 7) is 4.22. The predicted octanol–water partition coefficient (Wildman–Crippen LogP) is 1.70. The van der Waals surface area contributed by atoms with Gasteiger partial charge in [0, 0.05) is 42.6 Å². The zero-order valence-corrected chi connectivity index (χ0v) is 15.1. The van der Waals surface area contributed by atoms with Gasteiger partial charge in [-0.3, -0.25) is 9.69 Å². The zero-order chi connectivity index (χ0) is 18.1. The summed E-state index contributed by atoms with van der Waals surface area (Å²) in [5, 5.41) is 2.96. The molecule has 2 atom stereocenters. The number of nitrogens with one attached hydrogen (secondary N) is 1. The molecule has 0 radical (unpaired) electrons. The van der Waals surface area contributed by atoms with E-state index in [4.69, 9.17) is 4.74 Å². The Balaban J connectivity index is 1.32. The fourth-order valence-corrected chi connectivity index (χ4v) is 3.79. The summed E-state index contributed by atoms with van der Waals surface area (Å²) in [7, 11) is 1.63. The lowest BCUT2D eigenvalue weighted by atomic mass is 9.87. The van der Waals surface area contributed by atoms with Crippen LogP contribution in [0.15, 0.2) is 36.7 Å². The SMILES string of the molecule is COc1ccc(NC(=O)CN2C3CC2CN(c2cc(C)ncn2)C3)cc1. The van der Waals surface area contributed by atoms with E-state index in [1.807, 2.05) is 37.3 Å². The Hall–Kier alpha value is -2.67. The Bertz CT molecular complexity index is 783. The Morgan fingerprint density at radius 2 is 1.96 bits per heavy atom. The summed E-state index contributed by atoms with van der Waals surface area (Å²) in [6, 6.07) is 10.2. The molecule has 0 saturated carbocycles. The Kier molecular flexibility index (Phi) is 4.46. The number of fused-ring (bicyclic) bond motifs is 2. The van der Waals surface area contributed by atoms with Crippen molar-refractivity contribution in [3.63, 3.8) is 0 Å². The molecule has 0 aliphatic carbocycles. The Morgan fingerprint density at radius 1 is 1.23 bits per heavy atom. The molecule has 2 aromatic rings. The quantitative estimate of drug-likeness (QED) is 0.882. The van der Waals surface area contributed by atoms with Gasteiger partial charge in [0.1, 0.15) is 17.9 Å². The van der Waals surface area contributed by atoms with Crippen LogP contribution in [0.25, 0.3) is 0 Å². The minimum absolute atomic E-state index is 0.0243. The first kappa shape index (κ1) is 16.8. The maximum absolute atomic E-state index is 12.4. The smallest absolute Gasteiger partial charge is 0.238 e. The normalized spacial score (nSPS) is 21.8. The Morgan fingerprint density at radius 3 is 2.62 bits per heavy atom. The van der Waals surface area contributed by atoms with Gasteiger partial charge in [-0.1, -0.05) is 0 Å². The van der Waals surface area contributed by atoms with Gasteiger partial charge in [-0.25, -0.2) is 9.97 Å². The molecule has 1 aromatic heterocycles. The average molecular weight is 353 g/mol. The number of hydrogen-bond donors (Lipinski definition) is 1. The molecular formula is C19H23N5O2. The van der Waals surface area contributed by atoms with Crippen molar-refractivity contribution in [3.05, 3.63) is 42.4 Å². The summed E-state index contributed by atoms with van der Waals surface area (Å²) in [4.78, 5) is 25.5. The topological polar surface area (TPSA) is 70.6 Å². The number of ether oxygens (including phenoxy) is 1. The number of carbonyl (C=O) groups is 1. The molecule has 136 valence electrons. The molecule has 2 bridgehead atoms. The van der Waals surface area contributed by atoms with Crippen LogP contribution in [0.5, 0.6) is 5.75 Å². The van der Waals surface area contributed by atoms with Gasteiger partial charge in [-0.05, 0) is 37.6 Å². The number of anilines is 2. The molecule has 2 unspecified atom stereocenters. The molecule has 3 aliphatic heterocycles. The van der Waals surface area contributed by atoms with E-state index in [1.54, 1.807) is 13.4 Å². The van der Waals surface area contributed by atoms with Crippen LogP contribution in [0.2, 0.25) is 0 Å². The standard InChI is InChI=1S/C19H23N5O2/c1-13-7-18(21-12-20-13)23-9-15-8-16(10-23)24(15)11-19(25)22-14-3-5-17(26-2)6-4-14/h3-7,12,15-16H,8-11H2,1-2H3,(H,22,25). The lowest BCUT2D eigenvalue weighted by Gasteiger charge is -2.56. The van der Waals surface area contributed by atoms with E-state index in [2.05, 4.69) is 25.1 Å². The number of carbonyl (C=O) groups excluding carboxylic acids is 1. The third-order valence-electron chi connectivity index (χ3n) is 5.16. The summed E-state index contributed by atoms with van der Waals surface area (Å²) in [5.41, 5.74) is 1.77. The van der Waals surface area contributed by atoms with Crippen LogP contribution in [0.4, 0.5) is 11.5 Å². The molecule has 26 heavy (non-hydrogen) atoms. The van der Waals surface area contributed by atoms with Gasteiger partial charge in [0.15, 0.2) is 0 Å². The second-order valence-corrected chi connectivity index (χ2v) is 6.91. The first-order chi connectivity index (χ1) is 12.6. The van der Waals surface area contributed by atoms with Gasteiger partial charge < -0.3 is 15.0 Å². The van der Waals surface area contributed by atoms with Gasteiger partial charge in [-0.15, -0.1) is 0 Å². The molecule has 3 fully saturated rings. The molecule has 3 saturated heterocycles. The summed E-state index contributed by atoms with van der Waals surface area (Å²) >= 11 is 0. The van der Waals surface area contributed by atoms with Crippen molar-refractivity contribution in [1.29, 1.82) is 0 Å². The van der Waals surface area contributed by atoms with Crippen LogP contribution < -0.4 is 15.0 Å². The molecule has 7 heteroatoms. The fourth-order valence-electron chi connectivity index (χ4n) is 3.79. The van der Waals surface area contributed by atoms with E-state index in [1.165, 1.54) is 0 Å². The number of aromatic nitrogens is 2. The van der Waals surface area contributed by atoms with Crippen LogP contribution in [0.3, 0.4) is 0 Å². The predicted molar refractivity (Wildman–Crippen MR) is 99.5 cm³/mol. The van der Waals surface area contributed by atoms with Crippen LogP contribution >= 0.6 is 0 Å². The lowest BCUT2D eigenvalue weighted by molar-refractivity contribution is -0.121. The number of hydrogen-bond acceptors (Lipinski definition) is 6. The van der Waals surface area contributed by atoms with E-state index in [9.17, 15) is 4.79 Å². The van der Waals surface area contributed by atoms with Crippen molar-refractivity contribution >= 4 is 17.4 Å². The molecule has 1 N–H and O–H groups in total. The van der Waals surface area contributed by atoms with E-state index in [-0.39, 0.29) is 5.91 Å². The third kappa shape index (κ3) is 3.35. The van der Waals surface area contributed by atoms with Gasteiger partial charge in [0.2, 0.25) is 5.91 Å². The molecule has 1 aromatic carbocycles. The molecular weight excluding hydrogens is 330 g/mol. The highest BCUT2D eigenvalue weighted by Gasteiger charge is 2.45. The highest BCUT2D eigenvalue weighted by Crippen LogP contribution is 2.33. The monoisotopic (exact) mass is 353 g/mol. The van der Waals surface area contributed by atoms with Crippen molar-refractivity contribution in [2.75, 3.05) is 37.0 Å². The van der Waals surface area contributed by atoms with E-state index >= 15 is 0 Å². The van der Waals surface area contributed by atoms with E-state index in [0.717, 1.165) is 42.5 Å². The highest BCUT2D eigenvalue weighted by atomic mass is 16.5. The van der Waals surface area contributed by atoms with Crippen molar-refractivity contribution < 1.29 is 9.53 Å². The third-order valence-corrected chi connectivity index (χ3v) is 5.16. The second kappa shape index (κ2) is 6.92. The number of benzene rings is 1. The minimum atomic E-state index is 0.0243. The van der Waals surface area contributed by atoms with Crippen molar-refractivity contribution in [1.82, 2.24) is 14.9 Å². The molecule has 1 amide bonds. The summed E-state index contributed by atoms with van der Waals surface area (Å²) in [6.07, 6.45) is 2.77. The van der Waals surface area contributed by atoms with Gasteiger partial charge in [0.25, 0.3) is 0 Å². The van der Waals surface area contributed by atoms with Gasteiger partial charge in [-0.2, -0.15) is 0 Å².